The van der Waals surface area contributed by atoms with Crippen LogP contribution in [0.3, 0.4) is 0 Å². The molecule has 0 amide bonds. The summed E-state index contributed by atoms with van der Waals surface area (Å²) in [5, 5.41) is 4.37. The second kappa shape index (κ2) is 7.94. The van der Waals surface area contributed by atoms with Crippen LogP contribution in [-0.2, 0) is 26.2 Å². The Balaban J connectivity index is 0. The molecule has 10 heavy (non-hydrogen) atoms. The van der Waals surface area contributed by atoms with Crippen molar-refractivity contribution < 1.29 is 26.2 Å². The van der Waals surface area contributed by atoms with Crippen molar-refractivity contribution in [1.82, 2.24) is 0 Å². The first-order valence-electron chi connectivity index (χ1n) is 3.76. The van der Waals surface area contributed by atoms with E-state index in [0.717, 1.165) is 24.9 Å². The molecular formula is C8H18NZr-. The van der Waals surface area contributed by atoms with Crippen LogP contribution in [0, 0.1) is 11.8 Å². The number of rotatable bonds is 4. The molecule has 0 aromatic carbocycles. The Morgan fingerprint density at radius 3 is 1.40 bits per heavy atom. The van der Waals surface area contributed by atoms with Gasteiger partial charge >= 0.3 is 0 Å². The fourth-order valence-corrected chi connectivity index (χ4v) is 0.591. The molecule has 0 heterocycles. The first-order chi connectivity index (χ1) is 4.13. The summed E-state index contributed by atoms with van der Waals surface area (Å²) in [6.45, 7) is 10.8. The van der Waals surface area contributed by atoms with Gasteiger partial charge in [0.15, 0.2) is 0 Å². The van der Waals surface area contributed by atoms with Gasteiger partial charge < -0.3 is 5.32 Å². The third-order valence-corrected chi connectivity index (χ3v) is 0.988. The van der Waals surface area contributed by atoms with Crippen molar-refractivity contribution in [1.29, 1.82) is 0 Å². The van der Waals surface area contributed by atoms with E-state index in [1.165, 1.54) is 0 Å². The first kappa shape index (κ1) is 13.4. The summed E-state index contributed by atoms with van der Waals surface area (Å²) in [6.07, 6.45) is 0. The third kappa shape index (κ3) is 11.6. The molecule has 0 aromatic rings. The topological polar surface area (TPSA) is 14.1 Å². The van der Waals surface area contributed by atoms with E-state index in [4.69, 9.17) is 0 Å². The Morgan fingerprint density at radius 1 is 0.900 bits per heavy atom. The number of hydrogen-bond donors (Lipinski definition) is 0. The van der Waals surface area contributed by atoms with Crippen LogP contribution in [-0.4, -0.2) is 13.1 Å². The third-order valence-electron chi connectivity index (χ3n) is 0.988. The quantitative estimate of drug-likeness (QED) is 0.690. The zero-order valence-electron chi connectivity index (χ0n) is 7.52. The van der Waals surface area contributed by atoms with Gasteiger partial charge in [-0.25, -0.2) is 0 Å². The molecule has 0 radical (unpaired) electrons. The molecule has 0 aliphatic carbocycles. The zero-order valence-corrected chi connectivity index (χ0v) is 9.97. The van der Waals surface area contributed by atoms with Crippen LogP contribution in [0.2, 0.25) is 0 Å². The van der Waals surface area contributed by atoms with E-state index >= 15 is 0 Å². The Hall–Kier alpha value is 0.843. The van der Waals surface area contributed by atoms with E-state index in [0.29, 0.717) is 0 Å². The van der Waals surface area contributed by atoms with E-state index in [9.17, 15) is 0 Å². The normalized spacial score (nSPS) is 10.2. The molecule has 0 saturated heterocycles. The second-order valence-electron chi connectivity index (χ2n) is 3.38. The summed E-state index contributed by atoms with van der Waals surface area (Å²) in [5.74, 6) is 1.45. The summed E-state index contributed by atoms with van der Waals surface area (Å²) in [6, 6.07) is 0. The van der Waals surface area contributed by atoms with E-state index in [1.54, 1.807) is 0 Å². The zero-order chi connectivity index (χ0) is 7.28. The van der Waals surface area contributed by atoms with Crippen LogP contribution < -0.4 is 0 Å². The molecule has 1 nitrogen and oxygen atoms in total. The van der Waals surface area contributed by atoms with Crippen molar-refractivity contribution in [3.05, 3.63) is 5.32 Å². The minimum Gasteiger partial charge on any atom is -0.662 e. The minimum atomic E-state index is 0. The monoisotopic (exact) mass is 218 g/mol. The van der Waals surface area contributed by atoms with Crippen molar-refractivity contribution in [3.8, 4) is 0 Å². The molecular weight excluding hydrogens is 201 g/mol. The Kier molecular flexibility index (Phi) is 10.7. The minimum absolute atomic E-state index is 0. The fraction of sp³-hybridized carbons (Fsp3) is 1.00. The van der Waals surface area contributed by atoms with Gasteiger partial charge in [-0.1, -0.05) is 39.5 Å². The van der Waals surface area contributed by atoms with Crippen molar-refractivity contribution in [2.24, 2.45) is 11.8 Å². The van der Waals surface area contributed by atoms with E-state index in [2.05, 4.69) is 33.0 Å². The molecule has 0 rings (SSSR count). The van der Waals surface area contributed by atoms with Gasteiger partial charge in [-0.15, -0.1) is 13.1 Å². The van der Waals surface area contributed by atoms with Gasteiger partial charge in [0.2, 0.25) is 0 Å². The Bertz CT molecular complexity index is 54.3. The van der Waals surface area contributed by atoms with Crippen LogP contribution >= 0.6 is 0 Å². The largest absolute Gasteiger partial charge is 0.662 e. The summed E-state index contributed by atoms with van der Waals surface area (Å²) in [4.78, 5) is 0. The van der Waals surface area contributed by atoms with E-state index < -0.39 is 0 Å². The molecule has 0 saturated carbocycles. The SMILES string of the molecule is CC(C)C[N-]CC(C)C.[Zr]. The molecule has 0 atom stereocenters. The van der Waals surface area contributed by atoms with Crippen LogP contribution in [0.1, 0.15) is 27.7 Å². The summed E-state index contributed by atoms with van der Waals surface area (Å²) >= 11 is 0. The molecule has 2 heteroatoms. The maximum atomic E-state index is 4.37. The molecule has 60 valence electrons. The standard InChI is InChI=1S/C8H18N.Zr/c1-7(2)5-9-6-8(3)4;/h7-8H,5-6H2,1-4H3;/q-1;. The van der Waals surface area contributed by atoms with E-state index in [-0.39, 0.29) is 26.2 Å². The van der Waals surface area contributed by atoms with Crippen molar-refractivity contribution in [2.45, 2.75) is 27.7 Å². The predicted octanol–water partition coefficient (Wildman–Crippen LogP) is 2.67. The number of hydrogen-bond acceptors (Lipinski definition) is 0. The maximum absolute atomic E-state index is 4.37. The smallest absolute Gasteiger partial charge is 0 e. The first-order valence-corrected chi connectivity index (χ1v) is 3.76. The van der Waals surface area contributed by atoms with Crippen LogP contribution in [0.25, 0.3) is 5.32 Å². The number of nitrogens with zero attached hydrogens (tertiary/aromatic N) is 1. The molecule has 0 fully saturated rings. The van der Waals surface area contributed by atoms with Crippen LogP contribution in [0.5, 0.6) is 0 Å². The summed E-state index contributed by atoms with van der Waals surface area (Å²) in [7, 11) is 0. The van der Waals surface area contributed by atoms with Crippen LogP contribution in [0.4, 0.5) is 0 Å². The molecule has 0 spiro atoms. The van der Waals surface area contributed by atoms with Gasteiger partial charge in [-0.05, 0) is 0 Å². The van der Waals surface area contributed by atoms with Gasteiger partial charge in [0, 0.05) is 26.2 Å². The van der Waals surface area contributed by atoms with Gasteiger partial charge in [0.1, 0.15) is 0 Å². The van der Waals surface area contributed by atoms with Crippen LogP contribution in [0.15, 0.2) is 0 Å². The summed E-state index contributed by atoms with van der Waals surface area (Å²) in [5.41, 5.74) is 0. The molecule has 0 bridgehead atoms. The second-order valence-corrected chi connectivity index (χ2v) is 3.38. The maximum Gasteiger partial charge on any atom is 0 e. The van der Waals surface area contributed by atoms with E-state index in [1.807, 2.05) is 0 Å². The molecule has 0 unspecified atom stereocenters. The summed E-state index contributed by atoms with van der Waals surface area (Å²) < 4.78 is 0. The molecule has 0 aliphatic rings. The van der Waals surface area contributed by atoms with Gasteiger partial charge in [0.25, 0.3) is 0 Å². The Morgan fingerprint density at radius 2 is 1.20 bits per heavy atom. The molecule has 0 aromatic heterocycles. The predicted molar refractivity (Wildman–Crippen MR) is 42.8 cm³/mol. The fourth-order valence-electron chi connectivity index (χ4n) is 0.591. The van der Waals surface area contributed by atoms with Crippen molar-refractivity contribution >= 4 is 0 Å². The van der Waals surface area contributed by atoms with Gasteiger partial charge in [-0.3, -0.25) is 0 Å². The van der Waals surface area contributed by atoms with Crippen molar-refractivity contribution in [2.75, 3.05) is 13.1 Å². The average molecular weight is 219 g/mol. The van der Waals surface area contributed by atoms with Crippen molar-refractivity contribution in [3.63, 3.8) is 0 Å². The molecule has 0 N–H and O–H groups in total. The van der Waals surface area contributed by atoms with Gasteiger partial charge in [0.05, 0.1) is 0 Å². The average Bonchev–Trinajstić information content (AvgIpc) is 1.63. The van der Waals surface area contributed by atoms with Gasteiger partial charge in [-0.2, -0.15) is 0 Å². The molecule has 0 aliphatic heterocycles. The Labute approximate surface area is 84.1 Å².